The highest BCUT2D eigenvalue weighted by atomic mass is 32.2. The van der Waals surface area contributed by atoms with Crippen LogP contribution in [0.15, 0.2) is 29.2 Å². The van der Waals surface area contributed by atoms with E-state index < -0.39 is 0 Å². The van der Waals surface area contributed by atoms with E-state index >= 15 is 0 Å². The standard InChI is InChI=1S/C14H20N2S/c1-2-6-14-12(5-1)13(7-9-17-14)16-11-4-3-8-15-10-11/h1-2,5-6,11,13,15-16H,3-4,7-10H2. The van der Waals surface area contributed by atoms with Gasteiger partial charge in [-0.25, -0.2) is 0 Å². The van der Waals surface area contributed by atoms with Gasteiger partial charge in [-0.1, -0.05) is 18.2 Å². The molecule has 0 spiro atoms. The molecule has 2 nitrogen and oxygen atoms in total. The molecule has 92 valence electrons. The SMILES string of the molecule is c1ccc2c(c1)SCCC2NC1CCCNC1. The number of nitrogens with one attached hydrogen (secondary N) is 2. The van der Waals surface area contributed by atoms with Crippen LogP contribution in [0.25, 0.3) is 0 Å². The molecule has 0 radical (unpaired) electrons. The van der Waals surface area contributed by atoms with Crippen molar-refractivity contribution in [2.75, 3.05) is 18.8 Å². The Hall–Kier alpha value is -0.510. The minimum absolute atomic E-state index is 0.567. The molecule has 2 N–H and O–H groups in total. The van der Waals surface area contributed by atoms with Crippen molar-refractivity contribution in [1.29, 1.82) is 0 Å². The molecule has 0 aliphatic carbocycles. The molecule has 1 aromatic carbocycles. The molecular formula is C14H20N2S. The lowest BCUT2D eigenvalue weighted by Crippen LogP contribution is -2.45. The van der Waals surface area contributed by atoms with E-state index in [0.29, 0.717) is 12.1 Å². The summed E-state index contributed by atoms with van der Waals surface area (Å²) in [4.78, 5) is 1.47. The maximum Gasteiger partial charge on any atom is 0.0342 e. The first-order valence-corrected chi connectivity index (χ1v) is 7.60. The molecule has 1 fully saturated rings. The highest BCUT2D eigenvalue weighted by Gasteiger charge is 2.23. The molecule has 0 aromatic heterocycles. The van der Waals surface area contributed by atoms with Gasteiger partial charge in [0.05, 0.1) is 0 Å². The fraction of sp³-hybridized carbons (Fsp3) is 0.571. The average molecular weight is 248 g/mol. The number of fused-ring (bicyclic) bond motifs is 1. The Bertz CT molecular complexity index is 374. The Morgan fingerprint density at radius 1 is 1.24 bits per heavy atom. The lowest BCUT2D eigenvalue weighted by Gasteiger charge is -2.32. The van der Waals surface area contributed by atoms with Crippen LogP contribution in [0.5, 0.6) is 0 Å². The summed E-state index contributed by atoms with van der Waals surface area (Å²) in [6.07, 6.45) is 3.89. The Morgan fingerprint density at radius 3 is 3.06 bits per heavy atom. The van der Waals surface area contributed by atoms with Crippen LogP contribution < -0.4 is 10.6 Å². The van der Waals surface area contributed by atoms with Crippen molar-refractivity contribution in [3.63, 3.8) is 0 Å². The van der Waals surface area contributed by atoms with E-state index in [-0.39, 0.29) is 0 Å². The summed E-state index contributed by atoms with van der Waals surface area (Å²) in [5, 5.41) is 7.32. The van der Waals surface area contributed by atoms with Crippen molar-refractivity contribution in [2.45, 2.75) is 36.2 Å². The second-order valence-electron chi connectivity index (χ2n) is 4.94. The van der Waals surface area contributed by atoms with Gasteiger partial charge >= 0.3 is 0 Å². The highest BCUT2D eigenvalue weighted by Crippen LogP contribution is 2.36. The molecule has 1 saturated heterocycles. The lowest BCUT2D eigenvalue weighted by atomic mass is 10.0. The molecule has 2 aliphatic rings. The van der Waals surface area contributed by atoms with Crippen LogP contribution in [0, 0.1) is 0 Å². The molecule has 3 heteroatoms. The quantitative estimate of drug-likeness (QED) is 0.841. The van der Waals surface area contributed by atoms with Gasteiger partial charge in [-0.2, -0.15) is 0 Å². The smallest absolute Gasteiger partial charge is 0.0342 e. The molecule has 1 aromatic rings. The Kier molecular flexibility index (Phi) is 3.69. The van der Waals surface area contributed by atoms with Gasteiger partial charge in [-0.3, -0.25) is 0 Å². The van der Waals surface area contributed by atoms with Gasteiger partial charge < -0.3 is 10.6 Å². The van der Waals surface area contributed by atoms with E-state index in [1.54, 1.807) is 0 Å². The fourth-order valence-corrected chi connectivity index (χ4v) is 3.92. The Labute approximate surface area is 108 Å². The maximum absolute atomic E-state index is 3.84. The first-order chi connectivity index (χ1) is 8.43. The fourth-order valence-electron chi connectivity index (χ4n) is 2.79. The second-order valence-corrected chi connectivity index (χ2v) is 6.07. The van der Waals surface area contributed by atoms with Crippen LogP contribution in [-0.4, -0.2) is 24.9 Å². The predicted octanol–water partition coefficient (Wildman–Crippen LogP) is 2.57. The van der Waals surface area contributed by atoms with E-state index in [9.17, 15) is 0 Å². The minimum Gasteiger partial charge on any atom is -0.315 e. The first kappa shape index (κ1) is 11.6. The third kappa shape index (κ3) is 2.67. The van der Waals surface area contributed by atoms with E-state index in [4.69, 9.17) is 0 Å². The molecular weight excluding hydrogens is 228 g/mol. The Balaban J connectivity index is 1.71. The summed E-state index contributed by atoms with van der Waals surface area (Å²) in [5.74, 6) is 1.24. The molecule has 0 saturated carbocycles. The predicted molar refractivity (Wildman–Crippen MR) is 73.6 cm³/mol. The molecule has 3 rings (SSSR count). The van der Waals surface area contributed by atoms with Gasteiger partial charge in [-0.05, 0) is 43.2 Å². The second kappa shape index (κ2) is 5.42. The van der Waals surface area contributed by atoms with Crippen molar-refractivity contribution in [3.05, 3.63) is 29.8 Å². The van der Waals surface area contributed by atoms with E-state index in [0.717, 1.165) is 6.54 Å². The Morgan fingerprint density at radius 2 is 2.18 bits per heavy atom. The van der Waals surface area contributed by atoms with Crippen LogP contribution in [-0.2, 0) is 0 Å². The average Bonchev–Trinajstić information content (AvgIpc) is 2.40. The van der Waals surface area contributed by atoms with Gasteiger partial charge in [0.15, 0.2) is 0 Å². The molecule has 2 atom stereocenters. The lowest BCUT2D eigenvalue weighted by molar-refractivity contribution is 0.346. The zero-order valence-electron chi connectivity index (χ0n) is 10.1. The normalized spacial score (nSPS) is 28.7. The van der Waals surface area contributed by atoms with Gasteiger partial charge in [0, 0.05) is 23.5 Å². The topological polar surface area (TPSA) is 24.1 Å². The number of hydrogen-bond donors (Lipinski definition) is 2. The molecule has 2 aliphatic heterocycles. The van der Waals surface area contributed by atoms with E-state index in [1.807, 2.05) is 11.8 Å². The number of piperidine rings is 1. The summed E-state index contributed by atoms with van der Waals surface area (Å²) < 4.78 is 0. The molecule has 0 bridgehead atoms. The summed E-state index contributed by atoms with van der Waals surface area (Å²) in [6.45, 7) is 2.32. The maximum atomic E-state index is 3.84. The summed E-state index contributed by atoms with van der Waals surface area (Å²) in [7, 11) is 0. The number of thioether (sulfide) groups is 1. The van der Waals surface area contributed by atoms with Crippen LogP contribution >= 0.6 is 11.8 Å². The zero-order valence-corrected chi connectivity index (χ0v) is 10.9. The zero-order chi connectivity index (χ0) is 11.5. The van der Waals surface area contributed by atoms with Gasteiger partial charge in [0.2, 0.25) is 0 Å². The third-order valence-electron chi connectivity index (χ3n) is 3.69. The summed E-state index contributed by atoms with van der Waals surface area (Å²) in [6, 6.07) is 10.1. The van der Waals surface area contributed by atoms with Crippen molar-refractivity contribution in [2.24, 2.45) is 0 Å². The van der Waals surface area contributed by atoms with Crippen LogP contribution in [0.2, 0.25) is 0 Å². The monoisotopic (exact) mass is 248 g/mol. The van der Waals surface area contributed by atoms with Crippen LogP contribution in [0.4, 0.5) is 0 Å². The van der Waals surface area contributed by atoms with E-state index in [1.165, 1.54) is 42.0 Å². The van der Waals surface area contributed by atoms with Gasteiger partial charge in [0.25, 0.3) is 0 Å². The number of rotatable bonds is 2. The summed E-state index contributed by atoms with van der Waals surface area (Å²) in [5.41, 5.74) is 1.51. The minimum atomic E-state index is 0.567. The summed E-state index contributed by atoms with van der Waals surface area (Å²) >= 11 is 2.00. The highest BCUT2D eigenvalue weighted by molar-refractivity contribution is 7.99. The largest absolute Gasteiger partial charge is 0.315 e. The van der Waals surface area contributed by atoms with E-state index in [2.05, 4.69) is 34.9 Å². The molecule has 2 heterocycles. The molecule has 0 amide bonds. The third-order valence-corrected chi connectivity index (χ3v) is 4.81. The first-order valence-electron chi connectivity index (χ1n) is 6.62. The van der Waals surface area contributed by atoms with Gasteiger partial charge in [-0.15, -0.1) is 11.8 Å². The molecule has 17 heavy (non-hydrogen) atoms. The van der Waals surface area contributed by atoms with Crippen molar-refractivity contribution >= 4 is 11.8 Å². The van der Waals surface area contributed by atoms with Crippen LogP contribution in [0.1, 0.15) is 30.9 Å². The van der Waals surface area contributed by atoms with Crippen molar-refractivity contribution in [1.82, 2.24) is 10.6 Å². The number of hydrogen-bond acceptors (Lipinski definition) is 3. The van der Waals surface area contributed by atoms with Crippen molar-refractivity contribution in [3.8, 4) is 0 Å². The molecule has 2 unspecified atom stereocenters. The van der Waals surface area contributed by atoms with Crippen LogP contribution in [0.3, 0.4) is 0 Å². The number of benzene rings is 1. The van der Waals surface area contributed by atoms with Gasteiger partial charge in [0.1, 0.15) is 0 Å². The van der Waals surface area contributed by atoms with Crippen molar-refractivity contribution < 1.29 is 0 Å².